The number of hydrogen-bond donors (Lipinski definition) is 1. The van der Waals surface area contributed by atoms with Gasteiger partial charge < -0.3 is 23.9 Å². The van der Waals surface area contributed by atoms with E-state index in [0.717, 1.165) is 5.39 Å². The highest BCUT2D eigenvalue weighted by atomic mass is 16.5. The van der Waals surface area contributed by atoms with Crippen molar-refractivity contribution in [3.8, 4) is 17.2 Å². The lowest BCUT2D eigenvalue weighted by Crippen LogP contribution is -2.52. The topological polar surface area (TPSA) is 122 Å². The summed E-state index contributed by atoms with van der Waals surface area (Å²) in [5, 5.41) is 1.38. The number of furan rings is 1. The third-order valence-electron chi connectivity index (χ3n) is 6.73. The van der Waals surface area contributed by atoms with E-state index in [1.165, 1.54) is 24.4 Å². The highest BCUT2D eigenvalue weighted by molar-refractivity contribution is 6.45. The van der Waals surface area contributed by atoms with Gasteiger partial charge in [-0.1, -0.05) is 24.3 Å². The second-order valence-electron chi connectivity index (χ2n) is 8.90. The summed E-state index contributed by atoms with van der Waals surface area (Å²) in [4.78, 5) is 54.1. The number of nitrogens with one attached hydrogen (secondary N) is 1. The van der Waals surface area contributed by atoms with Crippen LogP contribution in [0.2, 0.25) is 0 Å². The number of ether oxygens (including phenoxy) is 1. The molecule has 0 radical (unpaired) electrons. The summed E-state index contributed by atoms with van der Waals surface area (Å²) in [5.41, 5.74) is 2.29. The van der Waals surface area contributed by atoms with Gasteiger partial charge >= 0.3 is 0 Å². The van der Waals surface area contributed by atoms with Crippen LogP contribution in [-0.2, 0) is 4.79 Å². The van der Waals surface area contributed by atoms with Gasteiger partial charge in [0.2, 0.25) is 0 Å². The van der Waals surface area contributed by atoms with Gasteiger partial charge in [-0.2, -0.15) is 0 Å². The average molecular weight is 510 g/mol. The fourth-order valence-corrected chi connectivity index (χ4v) is 4.76. The monoisotopic (exact) mass is 509 g/mol. The number of rotatable bonds is 5. The number of hydrogen-bond acceptors (Lipinski definition) is 7. The number of aromatic amines is 1. The summed E-state index contributed by atoms with van der Waals surface area (Å²) in [6, 6.07) is 14.6. The molecule has 1 N–H and O–H groups in total. The van der Waals surface area contributed by atoms with Gasteiger partial charge in [-0.05, 0) is 24.3 Å². The van der Waals surface area contributed by atoms with Crippen molar-refractivity contribution in [1.82, 2.24) is 24.8 Å². The van der Waals surface area contributed by atoms with Crippen molar-refractivity contribution in [2.45, 2.75) is 0 Å². The van der Waals surface area contributed by atoms with Crippen molar-refractivity contribution in [2.75, 3.05) is 33.3 Å². The van der Waals surface area contributed by atoms with Crippen LogP contribution < -0.4 is 4.74 Å². The molecule has 38 heavy (non-hydrogen) atoms. The molecule has 1 fully saturated rings. The molecule has 1 aromatic carbocycles. The minimum Gasteiger partial charge on any atom is -0.494 e. The third-order valence-corrected chi connectivity index (χ3v) is 6.73. The molecule has 190 valence electrons. The first-order chi connectivity index (χ1) is 18.5. The number of para-hydroxylation sites is 1. The summed E-state index contributed by atoms with van der Waals surface area (Å²) in [7, 11) is 1.48. The van der Waals surface area contributed by atoms with Crippen LogP contribution in [0, 0.1) is 0 Å². The zero-order valence-electron chi connectivity index (χ0n) is 20.5. The van der Waals surface area contributed by atoms with E-state index in [-0.39, 0.29) is 24.6 Å². The molecular formula is C28H23N5O5. The molecule has 6 rings (SSSR count). The molecule has 0 aliphatic carbocycles. The zero-order valence-corrected chi connectivity index (χ0v) is 20.5. The van der Waals surface area contributed by atoms with Crippen LogP contribution in [0.3, 0.4) is 0 Å². The van der Waals surface area contributed by atoms with E-state index in [4.69, 9.17) is 9.15 Å². The number of H-pyrrole nitrogens is 1. The summed E-state index contributed by atoms with van der Waals surface area (Å²) in [6.45, 7) is 1.11. The maximum atomic E-state index is 13.4. The van der Waals surface area contributed by atoms with Crippen LogP contribution in [-0.4, -0.2) is 75.6 Å². The Bertz CT molecular complexity index is 1650. The smallest absolute Gasteiger partial charge is 0.295 e. The fourth-order valence-electron chi connectivity index (χ4n) is 4.76. The standard InChI is InChI=1S/C28H23N5O5/c1-37-22-16-31-24(21-14-17-6-2-3-8-20(17)38-21)25-23(22)18(15-30-25)26(34)28(36)33-12-10-32(11-13-33)27(35)19-7-4-5-9-29-19/h2-9,14-16,30H,10-13H2,1H3. The molecule has 1 saturated heterocycles. The third kappa shape index (κ3) is 3.96. The SMILES string of the molecule is COc1cnc(-c2cc3ccccc3o2)c2[nH]cc(C(=O)C(=O)N3CCN(C(=O)c4ccccn4)CC3)c12. The van der Waals surface area contributed by atoms with Gasteiger partial charge in [0.1, 0.15) is 22.7 Å². The van der Waals surface area contributed by atoms with Gasteiger partial charge in [-0.3, -0.25) is 19.4 Å². The highest BCUT2D eigenvalue weighted by Crippen LogP contribution is 2.36. The second kappa shape index (κ2) is 9.47. The molecule has 0 bridgehead atoms. The van der Waals surface area contributed by atoms with E-state index in [9.17, 15) is 14.4 Å². The number of pyridine rings is 2. The number of Topliss-reactive ketones (excluding diaryl/α,β-unsaturated/α-hetero) is 1. The van der Waals surface area contributed by atoms with Crippen LogP contribution in [0.5, 0.6) is 5.75 Å². The van der Waals surface area contributed by atoms with Gasteiger partial charge in [-0.15, -0.1) is 0 Å². The van der Waals surface area contributed by atoms with Crippen LogP contribution >= 0.6 is 0 Å². The molecule has 5 aromatic rings. The van der Waals surface area contributed by atoms with Gasteiger partial charge in [0.05, 0.1) is 29.8 Å². The molecule has 5 heterocycles. The van der Waals surface area contributed by atoms with Gasteiger partial charge in [-0.25, -0.2) is 4.98 Å². The summed E-state index contributed by atoms with van der Waals surface area (Å²) in [5.74, 6) is -0.612. The van der Waals surface area contributed by atoms with E-state index < -0.39 is 11.7 Å². The number of amides is 2. The first-order valence-corrected chi connectivity index (χ1v) is 12.1. The Kier molecular flexibility index (Phi) is 5.83. The Morgan fingerprint density at radius 1 is 0.974 bits per heavy atom. The van der Waals surface area contributed by atoms with E-state index in [0.29, 0.717) is 52.5 Å². The Balaban J connectivity index is 1.26. The fraction of sp³-hybridized carbons (Fsp3) is 0.179. The molecule has 0 atom stereocenters. The summed E-state index contributed by atoms with van der Waals surface area (Å²) < 4.78 is 11.5. The summed E-state index contributed by atoms with van der Waals surface area (Å²) in [6.07, 6.45) is 4.58. The van der Waals surface area contributed by atoms with E-state index >= 15 is 0 Å². The second-order valence-corrected chi connectivity index (χ2v) is 8.90. The highest BCUT2D eigenvalue weighted by Gasteiger charge is 2.31. The molecule has 0 spiro atoms. The van der Waals surface area contributed by atoms with Crippen LogP contribution in [0.4, 0.5) is 0 Å². The van der Waals surface area contributed by atoms with Gasteiger partial charge in [0.15, 0.2) is 5.76 Å². The predicted molar refractivity (Wildman–Crippen MR) is 139 cm³/mol. The van der Waals surface area contributed by atoms with Crippen molar-refractivity contribution < 1.29 is 23.5 Å². The van der Waals surface area contributed by atoms with Gasteiger partial charge in [0, 0.05) is 44.0 Å². The lowest BCUT2D eigenvalue weighted by molar-refractivity contribution is -0.127. The number of ketones is 1. The van der Waals surface area contributed by atoms with Crippen molar-refractivity contribution in [2.24, 2.45) is 0 Å². The van der Waals surface area contributed by atoms with E-state index in [1.807, 2.05) is 30.3 Å². The van der Waals surface area contributed by atoms with Crippen LogP contribution in [0.25, 0.3) is 33.3 Å². The van der Waals surface area contributed by atoms with Gasteiger partial charge in [0.25, 0.3) is 17.6 Å². The Hall–Kier alpha value is -4.99. The molecule has 4 aromatic heterocycles. The maximum absolute atomic E-state index is 13.4. The number of benzene rings is 1. The molecule has 0 unspecified atom stereocenters. The minimum atomic E-state index is -0.666. The maximum Gasteiger partial charge on any atom is 0.295 e. The Morgan fingerprint density at radius 2 is 1.74 bits per heavy atom. The largest absolute Gasteiger partial charge is 0.494 e. The Labute approximate surface area is 216 Å². The predicted octanol–water partition coefficient (Wildman–Crippen LogP) is 3.55. The number of methoxy groups -OCH3 is 1. The lowest BCUT2D eigenvalue weighted by atomic mass is 10.1. The van der Waals surface area contributed by atoms with Crippen LogP contribution in [0.15, 0.2) is 71.5 Å². The quantitative estimate of drug-likeness (QED) is 0.284. The molecular weight excluding hydrogens is 486 g/mol. The summed E-state index contributed by atoms with van der Waals surface area (Å²) >= 11 is 0. The first kappa shape index (κ1) is 23.4. The van der Waals surface area contributed by atoms with E-state index in [2.05, 4.69) is 15.0 Å². The van der Waals surface area contributed by atoms with Crippen molar-refractivity contribution in [1.29, 1.82) is 0 Å². The number of carbonyl (C=O) groups is 3. The van der Waals surface area contributed by atoms with Crippen molar-refractivity contribution in [3.63, 3.8) is 0 Å². The van der Waals surface area contributed by atoms with E-state index in [1.54, 1.807) is 29.3 Å². The lowest BCUT2D eigenvalue weighted by Gasteiger charge is -2.34. The van der Waals surface area contributed by atoms with Crippen LogP contribution in [0.1, 0.15) is 20.8 Å². The number of carbonyl (C=O) groups excluding carboxylic acids is 3. The number of nitrogens with zero attached hydrogens (tertiary/aromatic N) is 4. The minimum absolute atomic E-state index is 0.189. The average Bonchev–Trinajstić information content (AvgIpc) is 3.61. The molecule has 1 aliphatic heterocycles. The normalized spacial score (nSPS) is 13.7. The number of piperazine rings is 1. The number of aromatic nitrogens is 3. The van der Waals surface area contributed by atoms with Crippen molar-refractivity contribution in [3.05, 3.63) is 78.4 Å². The molecule has 10 heteroatoms. The molecule has 10 nitrogen and oxygen atoms in total. The zero-order chi connectivity index (χ0) is 26.2. The van der Waals surface area contributed by atoms with Crippen molar-refractivity contribution >= 4 is 39.5 Å². The molecule has 1 aliphatic rings. The first-order valence-electron chi connectivity index (χ1n) is 12.1. The Morgan fingerprint density at radius 3 is 2.47 bits per heavy atom. The molecule has 0 saturated carbocycles. The molecule has 2 amide bonds. The number of fused-ring (bicyclic) bond motifs is 2.